The average molecular weight is 240 g/mol. The molecule has 2 nitrogen and oxygen atoms in total. The lowest BCUT2D eigenvalue weighted by Crippen LogP contribution is -2.01. The van der Waals surface area contributed by atoms with Gasteiger partial charge in [-0.1, -0.05) is 38.5 Å². The van der Waals surface area contributed by atoms with Crippen molar-refractivity contribution in [2.45, 2.75) is 33.6 Å². The molecule has 0 saturated carbocycles. The maximum atomic E-state index is 12.4. The van der Waals surface area contributed by atoms with Crippen LogP contribution in [0.25, 0.3) is 0 Å². The van der Waals surface area contributed by atoms with E-state index in [2.05, 4.69) is 6.92 Å². The van der Waals surface area contributed by atoms with E-state index in [0.29, 0.717) is 12.3 Å². The molecule has 0 radical (unpaired) electrons. The highest BCUT2D eigenvalue weighted by Crippen LogP contribution is 2.48. The summed E-state index contributed by atoms with van der Waals surface area (Å²) in [7, 11) is -2.47. The van der Waals surface area contributed by atoms with Gasteiger partial charge in [0.05, 0.1) is 0 Å². The van der Waals surface area contributed by atoms with Gasteiger partial charge >= 0.3 is 0 Å². The molecule has 0 fully saturated rings. The summed E-state index contributed by atoms with van der Waals surface area (Å²) in [5, 5.41) is 0. The quantitative estimate of drug-likeness (QED) is 0.685. The highest BCUT2D eigenvalue weighted by molar-refractivity contribution is 7.59. The molecular formula is C13H21O2P. The minimum Gasteiger partial charge on any atom is -0.443 e. The van der Waals surface area contributed by atoms with Gasteiger partial charge in [0.15, 0.2) is 0 Å². The molecule has 1 atom stereocenters. The summed E-state index contributed by atoms with van der Waals surface area (Å²) in [5.74, 6) is 0.767. The lowest BCUT2D eigenvalue weighted by atomic mass is 10.2. The Morgan fingerprint density at radius 2 is 1.94 bits per heavy atom. The van der Waals surface area contributed by atoms with Gasteiger partial charge in [0.2, 0.25) is 7.37 Å². The minimum absolute atomic E-state index is 0.612. The molecule has 0 aliphatic rings. The molecule has 0 amide bonds. The number of para-hydroxylation sites is 1. The van der Waals surface area contributed by atoms with Crippen molar-refractivity contribution in [3.63, 3.8) is 0 Å². The molecule has 0 heterocycles. The van der Waals surface area contributed by atoms with Gasteiger partial charge in [0.25, 0.3) is 0 Å². The predicted octanol–water partition coefficient (Wildman–Crippen LogP) is 4.47. The summed E-state index contributed by atoms with van der Waals surface area (Å²) in [4.78, 5) is 0. The third-order valence-corrected chi connectivity index (χ3v) is 5.18. The molecule has 0 aromatic heterocycles. The normalized spacial score (nSPS) is 14.4. The van der Waals surface area contributed by atoms with Crippen LogP contribution in [-0.2, 0) is 4.57 Å². The highest BCUT2D eigenvalue weighted by Gasteiger charge is 2.21. The van der Waals surface area contributed by atoms with E-state index in [1.54, 1.807) is 0 Å². The molecule has 1 aromatic rings. The SMILES string of the molecule is CCCCP(=O)(CC)Oc1ccccc1C. The highest BCUT2D eigenvalue weighted by atomic mass is 31.2. The second-order valence-corrected chi connectivity index (χ2v) is 6.96. The van der Waals surface area contributed by atoms with Crippen molar-refractivity contribution in [3.05, 3.63) is 29.8 Å². The third-order valence-electron chi connectivity index (χ3n) is 2.69. The van der Waals surface area contributed by atoms with Crippen LogP contribution in [0, 0.1) is 6.92 Å². The number of aryl methyl sites for hydroxylation is 1. The number of hydrogen-bond donors (Lipinski definition) is 0. The molecule has 0 aliphatic carbocycles. The minimum atomic E-state index is -2.47. The van der Waals surface area contributed by atoms with Crippen LogP contribution in [0.5, 0.6) is 5.75 Å². The molecule has 16 heavy (non-hydrogen) atoms. The van der Waals surface area contributed by atoms with Crippen molar-refractivity contribution in [1.29, 1.82) is 0 Å². The molecule has 0 bridgehead atoms. The van der Waals surface area contributed by atoms with Crippen LogP contribution in [-0.4, -0.2) is 12.3 Å². The zero-order valence-corrected chi connectivity index (χ0v) is 11.3. The second-order valence-electron chi connectivity index (χ2n) is 4.06. The van der Waals surface area contributed by atoms with Crippen LogP contribution in [0.2, 0.25) is 0 Å². The molecule has 90 valence electrons. The van der Waals surface area contributed by atoms with Gasteiger partial charge in [-0.05, 0) is 25.0 Å². The van der Waals surface area contributed by atoms with Gasteiger partial charge in [-0.25, -0.2) is 0 Å². The van der Waals surface area contributed by atoms with Crippen molar-refractivity contribution in [1.82, 2.24) is 0 Å². The van der Waals surface area contributed by atoms with E-state index in [0.717, 1.165) is 24.2 Å². The van der Waals surface area contributed by atoms with Crippen molar-refractivity contribution in [2.75, 3.05) is 12.3 Å². The molecule has 0 aliphatic heterocycles. The van der Waals surface area contributed by atoms with Gasteiger partial charge < -0.3 is 4.52 Å². The first kappa shape index (κ1) is 13.3. The van der Waals surface area contributed by atoms with E-state index < -0.39 is 7.37 Å². The zero-order chi connectivity index (χ0) is 12.0. The van der Waals surface area contributed by atoms with Gasteiger partial charge in [0, 0.05) is 12.3 Å². The van der Waals surface area contributed by atoms with E-state index in [-0.39, 0.29) is 0 Å². The zero-order valence-electron chi connectivity index (χ0n) is 10.4. The molecule has 1 unspecified atom stereocenters. The van der Waals surface area contributed by atoms with Crippen molar-refractivity contribution in [2.24, 2.45) is 0 Å². The predicted molar refractivity (Wildman–Crippen MR) is 69.7 cm³/mol. The molecule has 0 spiro atoms. The fourth-order valence-corrected chi connectivity index (χ4v) is 3.40. The molecule has 1 aromatic carbocycles. The van der Waals surface area contributed by atoms with Crippen LogP contribution in [0.3, 0.4) is 0 Å². The molecule has 1 rings (SSSR count). The van der Waals surface area contributed by atoms with Crippen LogP contribution in [0.1, 0.15) is 32.3 Å². The van der Waals surface area contributed by atoms with Gasteiger partial charge in [-0.3, -0.25) is 4.57 Å². The summed E-state index contributed by atoms with van der Waals surface area (Å²) >= 11 is 0. The Morgan fingerprint density at radius 1 is 1.25 bits per heavy atom. The average Bonchev–Trinajstić information content (AvgIpc) is 2.30. The molecule has 0 saturated heterocycles. The first-order chi connectivity index (χ1) is 7.61. The fraction of sp³-hybridized carbons (Fsp3) is 0.538. The lowest BCUT2D eigenvalue weighted by molar-refractivity contribution is 0.478. The van der Waals surface area contributed by atoms with E-state index in [1.165, 1.54) is 0 Å². The molecular weight excluding hydrogens is 219 g/mol. The number of unbranched alkanes of at least 4 members (excludes halogenated alkanes) is 1. The summed E-state index contributed by atoms with van der Waals surface area (Å²) < 4.78 is 18.2. The topological polar surface area (TPSA) is 26.3 Å². The van der Waals surface area contributed by atoms with E-state index in [9.17, 15) is 4.57 Å². The van der Waals surface area contributed by atoms with Crippen molar-refractivity contribution < 1.29 is 9.09 Å². The standard InChI is InChI=1S/C13H21O2P/c1-4-6-11-16(14,5-2)15-13-10-8-7-9-12(13)3/h7-10H,4-6,11H2,1-3H3. The smallest absolute Gasteiger partial charge is 0.247 e. The van der Waals surface area contributed by atoms with E-state index >= 15 is 0 Å². The second kappa shape index (κ2) is 6.10. The maximum absolute atomic E-state index is 12.4. The molecule has 3 heteroatoms. The van der Waals surface area contributed by atoms with Gasteiger partial charge in [-0.2, -0.15) is 0 Å². The third kappa shape index (κ3) is 3.68. The van der Waals surface area contributed by atoms with Crippen LogP contribution < -0.4 is 4.52 Å². The van der Waals surface area contributed by atoms with Gasteiger partial charge in [-0.15, -0.1) is 0 Å². The number of rotatable bonds is 6. The van der Waals surface area contributed by atoms with E-state index in [4.69, 9.17) is 4.52 Å². The summed E-state index contributed by atoms with van der Waals surface area (Å²) in [5.41, 5.74) is 1.05. The summed E-state index contributed by atoms with van der Waals surface area (Å²) in [6, 6.07) is 7.76. The number of benzene rings is 1. The van der Waals surface area contributed by atoms with Crippen molar-refractivity contribution >= 4 is 7.37 Å². The fourth-order valence-electron chi connectivity index (χ4n) is 1.51. The van der Waals surface area contributed by atoms with Crippen molar-refractivity contribution in [3.8, 4) is 5.75 Å². The Labute approximate surface area is 98.5 Å². The maximum Gasteiger partial charge on any atom is 0.247 e. The molecule has 0 N–H and O–H groups in total. The monoisotopic (exact) mass is 240 g/mol. The first-order valence-corrected chi connectivity index (χ1v) is 7.94. The Bertz CT molecular complexity index is 374. The van der Waals surface area contributed by atoms with Crippen LogP contribution in [0.15, 0.2) is 24.3 Å². The first-order valence-electron chi connectivity index (χ1n) is 5.94. The Hall–Kier alpha value is -0.750. The Balaban J connectivity index is 2.77. The van der Waals surface area contributed by atoms with Crippen LogP contribution >= 0.6 is 7.37 Å². The Morgan fingerprint density at radius 3 is 2.50 bits per heavy atom. The summed E-state index contributed by atoms with van der Waals surface area (Å²) in [6.45, 7) is 6.03. The summed E-state index contributed by atoms with van der Waals surface area (Å²) in [6.07, 6.45) is 3.33. The van der Waals surface area contributed by atoms with Crippen LogP contribution in [0.4, 0.5) is 0 Å². The Kier molecular flexibility index (Phi) is 5.08. The number of hydrogen-bond acceptors (Lipinski definition) is 2. The van der Waals surface area contributed by atoms with Gasteiger partial charge in [0.1, 0.15) is 5.75 Å². The largest absolute Gasteiger partial charge is 0.443 e. The van der Waals surface area contributed by atoms with E-state index in [1.807, 2.05) is 38.1 Å². The lowest BCUT2D eigenvalue weighted by Gasteiger charge is -2.19.